The van der Waals surface area contributed by atoms with E-state index in [1.165, 1.54) is 31.3 Å². The lowest BCUT2D eigenvalue weighted by Crippen LogP contribution is -2.33. The van der Waals surface area contributed by atoms with Crippen molar-refractivity contribution in [1.29, 1.82) is 0 Å². The number of carbonyl (C=O) groups excluding carboxylic acids is 1. The van der Waals surface area contributed by atoms with E-state index in [-0.39, 0.29) is 18.0 Å². The molecule has 0 radical (unpaired) electrons. The lowest BCUT2D eigenvalue weighted by Gasteiger charge is -2.16. The van der Waals surface area contributed by atoms with E-state index >= 15 is 0 Å². The van der Waals surface area contributed by atoms with Gasteiger partial charge in [0, 0.05) is 17.0 Å². The van der Waals surface area contributed by atoms with E-state index in [4.69, 9.17) is 16.3 Å². The fourth-order valence-electron chi connectivity index (χ4n) is 1.98. The summed E-state index contributed by atoms with van der Waals surface area (Å²) in [7, 11) is -2.44. The topological polar surface area (TPSA) is 63.7 Å². The first kappa shape index (κ1) is 19.8. The highest BCUT2D eigenvalue weighted by Crippen LogP contribution is 2.18. The molecule has 2 rings (SSSR count). The Morgan fingerprint density at radius 2 is 1.72 bits per heavy atom. The second-order valence-electron chi connectivity index (χ2n) is 5.22. The van der Waals surface area contributed by atoms with Gasteiger partial charge in [0.2, 0.25) is 10.0 Å². The zero-order chi connectivity index (χ0) is 18.4. The van der Waals surface area contributed by atoms with Crippen LogP contribution in [0.5, 0.6) is 0 Å². The van der Waals surface area contributed by atoms with Gasteiger partial charge in [0.05, 0.1) is 4.90 Å². The van der Waals surface area contributed by atoms with E-state index < -0.39 is 16.0 Å². The fourth-order valence-corrected chi connectivity index (χ4v) is 3.63. The summed E-state index contributed by atoms with van der Waals surface area (Å²) in [6.07, 6.45) is 1.98. The number of nitrogens with zero attached hydrogens (tertiary/aromatic N) is 1. The average molecular weight is 400 g/mol. The molecule has 25 heavy (non-hydrogen) atoms. The second-order valence-corrected chi connectivity index (χ2v) is 8.58. The lowest BCUT2D eigenvalue weighted by molar-refractivity contribution is -0.144. The Morgan fingerprint density at radius 1 is 1.12 bits per heavy atom. The molecule has 0 bridgehead atoms. The molecule has 8 heteroatoms. The van der Waals surface area contributed by atoms with Crippen molar-refractivity contribution in [2.24, 2.45) is 0 Å². The first-order valence-electron chi connectivity index (χ1n) is 7.33. The molecule has 0 aliphatic heterocycles. The number of ether oxygens (including phenoxy) is 1. The van der Waals surface area contributed by atoms with Crippen molar-refractivity contribution < 1.29 is 17.9 Å². The van der Waals surface area contributed by atoms with E-state index in [1.807, 2.05) is 30.5 Å². The molecule has 0 fully saturated rings. The largest absolute Gasteiger partial charge is 0.460 e. The first-order chi connectivity index (χ1) is 11.8. The number of carbonyl (C=O) groups is 1. The fraction of sp³-hybridized carbons (Fsp3) is 0.235. The van der Waals surface area contributed by atoms with Crippen LogP contribution < -0.4 is 0 Å². The number of sulfonamides is 1. The summed E-state index contributed by atoms with van der Waals surface area (Å²) in [4.78, 5) is 13.1. The number of benzene rings is 2. The molecule has 0 heterocycles. The Hall–Kier alpha value is -1.54. The quantitative estimate of drug-likeness (QED) is 0.527. The highest BCUT2D eigenvalue weighted by atomic mass is 35.5. The maximum atomic E-state index is 12.4. The van der Waals surface area contributed by atoms with Crippen LogP contribution in [0, 0.1) is 0 Å². The summed E-state index contributed by atoms with van der Waals surface area (Å²) in [5, 5.41) is 0.438. The molecule has 2 aromatic rings. The minimum Gasteiger partial charge on any atom is -0.460 e. The van der Waals surface area contributed by atoms with E-state index in [0.29, 0.717) is 5.02 Å². The predicted molar refractivity (Wildman–Crippen MR) is 99.3 cm³/mol. The van der Waals surface area contributed by atoms with Gasteiger partial charge in [-0.3, -0.25) is 4.79 Å². The van der Waals surface area contributed by atoms with Crippen molar-refractivity contribution in [3.05, 3.63) is 59.1 Å². The van der Waals surface area contributed by atoms with Gasteiger partial charge in [-0.1, -0.05) is 23.7 Å². The van der Waals surface area contributed by atoms with Crippen molar-refractivity contribution in [2.75, 3.05) is 19.8 Å². The Kier molecular flexibility index (Phi) is 6.89. The third-order valence-corrected chi connectivity index (χ3v) is 6.25. The number of hydrogen-bond donors (Lipinski definition) is 0. The molecule has 0 aliphatic rings. The van der Waals surface area contributed by atoms with Gasteiger partial charge in [-0.2, -0.15) is 4.31 Å². The molecule has 0 amide bonds. The minimum atomic E-state index is -3.77. The molecule has 5 nitrogen and oxygen atoms in total. The molecule has 0 saturated heterocycles. The normalized spacial score (nSPS) is 11.5. The summed E-state index contributed by atoms with van der Waals surface area (Å²) in [6, 6.07) is 13.4. The smallest absolute Gasteiger partial charge is 0.321 e. The van der Waals surface area contributed by atoms with Crippen LogP contribution in [0.25, 0.3) is 0 Å². The van der Waals surface area contributed by atoms with Crippen LogP contribution in [0.15, 0.2) is 58.3 Å². The van der Waals surface area contributed by atoms with Gasteiger partial charge in [0.15, 0.2) is 0 Å². The number of rotatable bonds is 7. The highest BCUT2D eigenvalue weighted by molar-refractivity contribution is 7.98. The molecule has 0 atom stereocenters. The number of hydrogen-bond acceptors (Lipinski definition) is 5. The zero-order valence-electron chi connectivity index (χ0n) is 13.8. The van der Waals surface area contributed by atoms with Crippen molar-refractivity contribution >= 4 is 39.4 Å². The predicted octanol–water partition coefficient (Wildman–Crippen LogP) is 3.43. The molecule has 0 N–H and O–H groups in total. The number of halogens is 1. The lowest BCUT2D eigenvalue weighted by atomic mass is 10.2. The monoisotopic (exact) mass is 399 g/mol. The molecular weight excluding hydrogens is 382 g/mol. The molecule has 134 valence electrons. The van der Waals surface area contributed by atoms with Gasteiger partial charge >= 0.3 is 5.97 Å². The standard InChI is InChI=1S/C17H18ClNO4S2/c1-19(25(21,22)16-9-5-14(18)6-10-16)11-17(20)23-12-13-3-7-15(24-2)8-4-13/h3-10H,11-12H2,1-2H3. The maximum absolute atomic E-state index is 12.4. The minimum absolute atomic E-state index is 0.0693. The van der Waals surface area contributed by atoms with Crippen LogP contribution in [-0.4, -0.2) is 38.5 Å². The molecule has 0 spiro atoms. The third kappa shape index (κ3) is 5.47. The van der Waals surface area contributed by atoms with E-state index in [0.717, 1.165) is 14.8 Å². The number of esters is 1. The number of thioether (sulfide) groups is 1. The average Bonchev–Trinajstić information content (AvgIpc) is 2.60. The summed E-state index contributed by atoms with van der Waals surface area (Å²) in [5.41, 5.74) is 0.842. The van der Waals surface area contributed by atoms with Gasteiger partial charge < -0.3 is 4.74 Å². The Balaban J connectivity index is 1.93. The van der Waals surface area contributed by atoms with Gasteiger partial charge in [0.25, 0.3) is 0 Å². The van der Waals surface area contributed by atoms with Crippen molar-refractivity contribution in [2.45, 2.75) is 16.4 Å². The maximum Gasteiger partial charge on any atom is 0.321 e. The van der Waals surface area contributed by atoms with Crippen LogP contribution in [-0.2, 0) is 26.2 Å². The summed E-state index contributed by atoms with van der Waals surface area (Å²) in [6.45, 7) is -0.268. The number of likely N-dealkylation sites (N-methyl/N-ethyl adjacent to an activating group) is 1. The summed E-state index contributed by atoms with van der Waals surface area (Å²) < 4.78 is 30.9. The molecular formula is C17H18ClNO4S2. The Labute approximate surface area is 157 Å². The van der Waals surface area contributed by atoms with Crippen LogP contribution in [0.2, 0.25) is 5.02 Å². The van der Waals surface area contributed by atoms with Crippen molar-refractivity contribution in [3.8, 4) is 0 Å². The van der Waals surface area contributed by atoms with E-state index in [2.05, 4.69) is 0 Å². The van der Waals surface area contributed by atoms with E-state index in [1.54, 1.807) is 11.8 Å². The van der Waals surface area contributed by atoms with Crippen molar-refractivity contribution in [1.82, 2.24) is 4.31 Å². The second kappa shape index (κ2) is 8.71. The van der Waals surface area contributed by atoms with Gasteiger partial charge in [-0.15, -0.1) is 11.8 Å². The summed E-state index contributed by atoms with van der Waals surface area (Å²) in [5.74, 6) is -0.617. The van der Waals surface area contributed by atoms with E-state index in [9.17, 15) is 13.2 Å². The summed E-state index contributed by atoms with van der Waals surface area (Å²) >= 11 is 7.38. The van der Waals surface area contributed by atoms with Crippen LogP contribution >= 0.6 is 23.4 Å². The van der Waals surface area contributed by atoms with Crippen molar-refractivity contribution in [3.63, 3.8) is 0 Å². The molecule has 0 aromatic heterocycles. The van der Waals surface area contributed by atoms with Gasteiger partial charge in [-0.25, -0.2) is 8.42 Å². The van der Waals surface area contributed by atoms with Crippen LogP contribution in [0.1, 0.15) is 5.56 Å². The molecule has 0 aliphatic carbocycles. The molecule has 0 unspecified atom stereocenters. The molecule has 0 saturated carbocycles. The Morgan fingerprint density at radius 3 is 2.28 bits per heavy atom. The Bertz CT molecular complexity index is 821. The van der Waals surface area contributed by atoms with Gasteiger partial charge in [-0.05, 0) is 48.2 Å². The SMILES string of the molecule is CSc1ccc(COC(=O)CN(C)S(=O)(=O)c2ccc(Cl)cc2)cc1. The molecule has 2 aromatic carbocycles. The first-order valence-corrected chi connectivity index (χ1v) is 10.4. The zero-order valence-corrected chi connectivity index (χ0v) is 16.2. The van der Waals surface area contributed by atoms with Crippen LogP contribution in [0.4, 0.5) is 0 Å². The van der Waals surface area contributed by atoms with Crippen LogP contribution in [0.3, 0.4) is 0 Å². The third-order valence-electron chi connectivity index (χ3n) is 3.43. The van der Waals surface area contributed by atoms with Gasteiger partial charge in [0.1, 0.15) is 13.2 Å². The highest BCUT2D eigenvalue weighted by Gasteiger charge is 2.23.